The molecule has 0 radical (unpaired) electrons. The van der Waals surface area contributed by atoms with Crippen LogP contribution in [0.25, 0.3) is 0 Å². The number of rotatable bonds is 7. The van der Waals surface area contributed by atoms with Crippen LogP contribution in [0.15, 0.2) is 6.20 Å². The average molecular weight is 244 g/mol. The van der Waals surface area contributed by atoms with E-state index in [0.29, 0.717) is 6.04 Å². The van der Waals surface area contributed by atoms with Crippen LogP contribution in [0.1, 0.15) is 36.2 Å². The Kier molecular flexibility index (Phi) is 6.29. The molecular weight excluding hydrogens is 224 g/mol. The molecule has 0 aromatic carbocycles. The number of hydrogen-bond acceptors (Lipinski definition) is 4. The third kappa shape index (κ3) is 4.53. The summed E-state index contributed by atoms with van der Waals surface area (Å²) in [7, 11) is 0. The molecule has 15 heavy (non-hydrogen) atoms. The highest BCUT2D eigenvalue weighted by molar-refractivity contribution is 7.98. The molecule has 1 rings (SSSR count). The van der Waals surface area contributed by atoms with Crippen LogP contribution in [0, 0.1) is 0 Å². The number of aryl methyl sites for hydroxylation is 1. The minimum Gasteiger partial charge on any atom is -0.308 e. The monoisotopic (exact) mass is 244 g/mol. The maximum atomic E-state index is 4.44. The minimum atomic E-state index is 0.400. The van der Waals surface area contributed by atoms with Crippen LogP contribution in [-0.4, -0.2) is 23.5 Å². The van der Waals surface area contributed by atoms with Crippen LogP contribution in [0.5, 0.6) is 0 Å². The van der Waals surface area contributed by atoms with Gasteiger partial charge in [0.05, 0.1) is 6.04 Å². The minimum absolute atomic E-state index is 0.400. The molecule has 1 unspecified atom stereocenters. The van der Waals surface area contributed by atoms with E-state index in [0.717, 1.165) is 13.0 Å². The van der Waals surface area contributed by atoms with Gasteiger partial charge in [0.1, 0.15) is 5.01 Å². The van der Waals surface area contributed by atoms with Gasteiger partial charge >= 0.3 is 0 Å². The quantitative estimate of drug-likeness (QED) is 0.746. The first kappa shape index (κ1) is 13.0. The highest BCUT2D eigenvalue weighted by Gasteiger charge is 2.08. The van der Waals surface area contributed by atoms with Crippen molar-refractivity contribution in [2.75, 3.05) is 18.6 Å². The average Bonchev–Trinajstić information content (AvgIpc) is 2.72. The summed E-state index contributed by atoms with van der Waals surface area (Å²) in [6.45, 7) is 5.45. The van der Waals surface area contributed by atoms with Gasteiger partial charge in [-0.1, -0.05) is 6.92 Å². The third-order valence-corrected chi connectivity index (χ3v) is 4.29. The van der Waals surface area contributed by atoms with Gasteiger partial charge in [-0.15, -0.1) is 11.3 Å². The van der Waals surface area contributed by atoms with Crippen LogP contribution < -0.4 is 5.32 Å². The smallest absolute Gasteiger partial charge is 0.109 e. The van der Waals surface area contributed by atoms with Crippen molar-refractivity contribution < 1.29 is 0 Å². The van der Waals surface area contributed by atoms with Crippen molar-refractivity contribution in [2.24, 2.45) is 0 Å². The number of nitrogens with one attached hydrogen (secondary N) is 1. The second kappa shape index (κ2) is 7.25. The summed E-state index contributed by atoms with van der Waals surface area (Å²) in [5.41, 5.74) is 0. The van der Waals surface area contributed by atoms with E-state index < -0.39 is 0 Å². The molecule has 0 aliphatic rings. The van der Waals surface area contributed by atoms with Crippen molar-refractivity contribution in [3.05, 3.63) is 16.1 Å². The van der Waals surface area contributed by atoms with E-state index in [2.05, 4.69) is 30.4 Å². The predicted molar refractivity (Wildman–Crippen MR) is 70.9 cm³/mol. The molecule has 4 heteroatoms. The summed E-state index contributed by atoms with van der Waals surface area (Å²) >= 11 is 3.73. The van der Waals surface area contributed by atoms with Gasteiger partial charge in [0.25, 0.3) is 0 Å². The molecule has 0 bridgehead atoms. The Balaban J connectivity index is 2.29. The zero-order valence-corrected chi connectivity index (χ0v) is 11.4. The van der Waals surface area contributed by atoms with Crippen LogP contribution >= 0.6 is 23.1 Å². The van der Waals surface area contributed by atoms with Gasteiger partial charge in [-0.25, -0.2) is 4.98 Å². The van der Waals surface area contributed by atoms with E-state index >= 15 is 0 Å². The molecule has 1 heterocycles. The summed E-state index contributed by atoms with van der Waals surface area (Å²) in [6.07, 6.45) is 6.48. The standard InChI is InChI=1S/C11H20N2S2/c1-4-10-8-13-11(15-10)9(2)12-6-5-7-14-3/h8-9,12H,4-7H2,1-3H3. The number of hydrogen-bond donors (Lipinski definition) is 1. The first-order valence-corrected chi connectivity index (χ1v) is 7.65. The second-order valence-electron chi connectivity index (χ2n) is 3.54. The van der Waals surface area contributed by atoms with E-state index in [1.165, 1.54) is 22.1 Å². The van der Waals surface area contributed by atoms with Gasteiger partial charge in [0.15, 0.2) is 0 Å². The van der Waals surface area contributed by atoms with Crippen LogP contribution in [0.4, 0.5) is 0 Å². The fourth-order valence-electron chi connectivity index (χ4n) is 1.31. The molecule has 1 atom stereocenters. The fraction of sp³-hybridized carbons (Fsp3) is 0.727. The van der Waals surface area contributed by atoms with E-state index in [-0.39, 0.29) is 0 Å². The maximum Gasteiger partial charge on any atom is 0.109 e. The SMILES string of the molecule is CCc1cnc(C(C)NCCCSC)s1. The number of thiazole rings is 1. The topological polar surface area (TPSA) is 24.9 Å². The largest absolute Gasteiger partial charge is 0.308 e. The summed E-state index contributed by atoms with van der Waals surface area (Å²) in [6, 6.07) is 0.400. The Labute approximate surface area is 101 Å². The van der Waals surface area contributed by atoms with Crippen molar-refractivity contribution in [1.29, 1.82) is 0 Å². The first-order chi connectivity index (χ1) is 7.27. The molecule has 0 aliphatic carbocycles. The molecular formula is C11H20N2S2. The van der Waals surface area contributed by atoms with Crippen molar-refractivity contribution in [3.8, 4) is 0 Å². The van der Waals surface area contributed by atoms with E-state index in [1.807, 2.05) is 29.3 Å². The van der Waals surface area contributed by atoms with Crippen molar-refractivity contribution in [3.63, 3.8) is 0 Å². The normalized spacial score (nSPS) is 13.0. The lowest BCUT2D eigenvalue weighted by Gasteiger charge is -2.10. The third-order valence-electron chi connectivity index (χ3n) is 2.27. The van der Waals surface area contributed by atoms with E-state index in [4.69, 9.17) is 0 Å². The van der Waals surface area contributed by atoms with E-state index in [1.54, 1.807) is 0 Å². The van der Waals surface area contributed by atoms with Crippen molar-refractivity contribution in [2.45, 2.75) is 32.7 Å². The number of thioether (sulfide) groups is 1. The molecule has 1 aromatic heterocycles. The molecule has 0 saturated heterocycles. The lowest BCUT2D eigenvalue weighted by atomic mass is 10.3. The van der Waals surface area contributed by atoms with E-state index in [9.17, 15) is 0 Å². The predicted octanol–water partition coefficient (Wildman–Crippen LogP) is 3.11. The van der Waals surface area contributed by atoms with Gasteiger partial charge in [0.2, 0.25) is 0 Å². The van der Waals surface area contributed by atoms with Crippen LogP contribution in [-0.2, 0) is 6.42 Å². The van der Waals surface area contributed by atoms with Gasteiger partial charge in [-0.2, -0.15) is 11.8 Å². The Morgan fingerprint density at radius 2 is 2.40 bits per heavy atom. The summed E-state index contributed by atoms with van der Waals surface area (Å²) in [5, 5.41) is 4.72. The lowest BCUT2D eigenvalue weighted by molar-refractivity contribution is 0.570. The second-order valence-corrected chi connectivity index (χ2v) is 5.67. The van der Waals surface area contributed by atoms with Gasteiger partial charge in [0, 0.05) is 11.1 Å². The number of nitrogens with zero attached hydrogens (tertiary/aromatic N) is 1. The highest BCUT2D eigenvalue weighted by Crippen LogP contribution is 2.19. The summed E-state index contributed by atoms with van der Waals surface area (Å²) in [5.74, 6) is 1.23. The molecule has 2 nitrogen and oxygen atoms in total. The highest BCUT2D eigenvalue weighted by atomic mass is 32.2. The first-order valence-electron chi connectivity index (χ1n) is 5.44. The van der Waals surface area contributed by atoms with Crippen molar-refractivity contribution >= 4 is 23.1 Å². The molecule has 0 saturated carbocycles. The van der Waals surface area contributed by atoms with Crippen LogP contribution in [0.3, 0.4) is 0 Å². The van der Waals surface area contributed by atoms with Gasteiger partial charge in [-0.3, -0.25) is 0 Å². The van der Waals surface area contributed by atoms with Gasteiger partial charge in [-0.05, 0) is 38.3 Å². The maximum absolute atomic E-state index is 4.44. The summed E-state index contributed by atoms with van der Waals surface area (Å²) < 4.78 is 0. The fourth-order valence-corrected chi connectivity index (χ4v) is 2.63. The molecule has 0 fully saturated rings. The van der Waals surface area contributed by atoms with Crippen molar-refractivity contribution in [1.82, 2.24) is 10.3 Å². The molecule has 86 valence electrons. The summed E-state index contributed by atoms with van der Waals surface area (Å²) in [4.78, 5) is 5.81. The molecule has 0 aliphatic heterocycles. The zero-order valence-electron chi connectivity index (χ0n) is 9.75. The molecule has 0 spiro atoms. The Morgan fingerprint density at radius 3 is 3.00 bits per heavy atom. The molecule has 1 aromatic rings. The molecule has 0 amide bonds. The Morgan fingerprint density at radius 1 is 1.60 bits per heavy atom. The zero-order chi connectivity index (χ0) is 11.1. The Bertz CT molecular complexity index is 273. The van der Waals surface area contributed by atoms with Crippen LogP contribution in [0.2, 0.25) is 0 Å². The lowest BCUT2D eigenvalue weighted by Crippen LogP contribution is -2.20. The van der Waals surface area contributed by atoms with Gasteiger partial charge < -0.3 is 5.32 Å². The number of aromatic nitrogens is 1. The Hall–Kier alpha value is -0.0600. The molecule has 1 N–H and O–H groups in total.